The van der Waals surface area contributed by atoms with E-state index in [2.05, 4.69) is 27.6 Å². The van der Waals surface area contributed by atoms with Gasteiger partial charge < -0.3 is 18.9 Å². The number of hydrogen-bond acceptors (Lipinski definition) is 6. The van der Waals surface area contributed by atoms with Crippen LogP contribution in [0, 0.1) is 12.8 Å². The molecule has 0 bridgehead atoms. The van der Waals surface area contributed by atoms with Crippen LogP contribution in [0.1, 0.15) is 28.5 Å². The van der Waals surface area contributed by atoms with E-state index in [1.165, 1.54) is 6.20 Å². The Kier molecular flexibility index (Phi) is 9.14. The van der Waals surface area contributed by atoms with Gasteiger partial charge in [0.25, 0.3) is 5.56 Å². The first-order valence-corrected chi connectivity index (χ1v) is 15.0. The predicted octanol–water partition coefficient (Wildman–Crippen LogP) is 5.16. The summed E-state index contributed by atoms with van der Waals surface area (Å²) in [5.41, 5.74) is 0.495. The summed E-state index contributed by atoms with van der Waals surface area (Å²) >= 11 is 2.13. The van der Waals surface area contributed by atoms with E-state index in [0.717, 1.165) is 21.3 Å². The maximum Gasteiger partial charge on any atom is 0.330 e. The summed E-state index contributed by atoms with van der Waals surface area (Å²) in [7, 11) is 3.22. The third kappa shape index (κ3) is 5.62. The summed E-state index contributed by atoms with van der Waals surface area (Å²) in [5.74, 6) is 0.837. The molecule has 1 aromatic heterocycles. The average molecular weight is 687 g/mol. The summed E-state index contributed by atoms with van der Waals surface area (Å²) in [6.45, 7) is 1.58. The molecule has 1 saturated heterocycles. The summed E-state index contributed by atoms with van der Waals surface area (Å²) in [6, 6.07) is 25.1. The normalized spacial score (nSPS) is 20.4. The van der Waals surface area contributed by atoms with E-state index in [1.807, 2.05) is 78.9 Å². The fraction of sp³-hybridized carbons (Fsp3) is 0.312. The molecule has 4 atom stereocenters. The molecule has 42 heavy (non-hydrogen) atoms. The molecule has 1 aliphatic rings. The Hall–Kier alpha value is -3.48. The third-order valence-electron chi connectivity index (χ3n) is 7.71. The molecule has 3 aromatic carbocycles. The molecular formula is C32H32FIN2O6. The predicted molar refractivity (Wildman–Crippen MR) is 166 cm³/mol. The van der Waals surface area contributed by atoms with E-state index in [9.17, 15) is 9.59 Å². The summed E-state index contributed by atoms with van der Waals surface area (Å²) in [5, 5.41) is 0. The topological polar surface area (TPSA) is 91.8 Å². The number of hydrogen-bond donors (Lipinski definition) is 1. The Balaban J connectivity index is 1.58. The molecule has 0 amide bonds. The highest BCUT2D eigenvalue weighted by atomic mass is 127. The van der Waals surface area contributed by atoms with Gasteiger partial charge in [0.05, 0.1) is 26.9 Å². The highest BCUT2D eigenvalue weighted by Crippen LogP contribution is 2.44. The quantitative estimate of drug-likeness (QED) is 0.141. The zero-order chi connectivity index (χ0) is 29.9. The van der Waals surface area contributed by atoms with Gasteiger partial charge in [-0.25, -0.2) is 9.18 Å². The molecule has 1 N–H and O–H groups in total. The second-order valence-corrected chi connectivity index (χ2v) is 11.0. The molecule has 0 radical (unpaired) electrons. The SMILES string of the molecule is COc1ccc(C(OC[C@H]2O[C@@H](n3cc(C)c(=O)[nH]c3=O)[C@H](F)[C@@H]2CI)(c2ccccc2)c2ccc(OC)cc2)cc1. The fourth-order valence-electron chi connectivity index (χ4n) is 5.39. The van der Waals surface area contributed by atoms with Crippen LogP contribution in [-0.2, 0) is 15.1 Å². The number of methoxy groups -OCH3 is 2. The third-order valence-corrected chi connectivity index (χ3v) is 8.73. The number of H-pyrrole nitrogens is 1. The van der Waals surface area contributed by atoms with Crippen molar-refractivity contribution in [1.82, 2.24) is 9.55 Å². The lowest BCUT2D eigenvalue weighted by atomic mass is 9.80. The maximum atomic E-state index is 15.9. The summed E-state index contributed by atoms with van der Waals surface area (Å²) in [4.78, 5) is 26.8. The van der Waals surface area contributed by atoms with E-state index < -0.39 is 41.3 Å². The number of alkyl halides is 2. The van der Waals surface area contributed by atoms with Gasteiger partial charge in [0.15, 0.2) is 12.4 Å². The number of ether oxygens (including phenoxy) is 4. The number of nitrogens with zero attached hydrogens (tertiary/aromatic N) is 1. The molecule has 0 unspecified atom stereocenters. The molecular weight excluding hydrogens is 654 g/mol. The fourth-order valence-corrected chi connectivity index (χ4v) is 6.45. The lowest BCUT2D eigenvalue weighted by Gasteiger charge is -2.37. The standard InChI is InChI=1S/C32H32FIN2O6/c1-20-18-36(31(38)35-29(20)37)30-28(33)26(17-34)27(42-30)19-41-32(21-7-5-4-6-8-21,22-9-13-24(39-2)14-10-22)23-11-15-25(40-3)16-12-23/h4-16,18,26-28,30H,17,19H2,1-3H3,(H,35,37,38)/t26-,27-,28-,30-/m1/s1. The van der Waals surface area contributed by atoms with E-state index in [-0.39, 0.29) is 6.61 Å². The van der Waals surface area contributed by atoms with E-state index in [0.29, 0.717) is 21.5 Å². The van der Waals surface area contributed by atoms with Crippen LogP contribution in [0.15, 0.2) is 94.6 Å². The molecule has 220 valence electrons. The lowest BCUT2D eigenvalue weighted by molar-refractivity contribution is -0.0864. The molecule has 1 aliphatic heterocycles. The minimum atomic E-state index is -1.49. The van der Waals surface area contributed by atoms with Crippen molar-refractivity contribution in [2.24, 2.45) is 5.92 Å². The number of benzene rings is 3. The van der Waals surface area contributed by atoms with Crippen LogP contribution < -0.4 is 20.7 Å². The monoisotopic (exact) mass is 686 g/mol. The van der Waals surface area contributed by atoms with Crippen LogP contribution in [0.5, 0.6) is 11.5 Å². The van der Waals surface area contributed by atoms with Gasteiger partial charge in [-0.3, -0.25) is 14.3 Å². The molecule has 1 fully saturated rings. The van der Waals surface area contributed by atoms with Gasteiger partial charge in [-0.2, -0.15) is 0 Å². The number of halogens is 2. The highest BCUT2D eigenvalue weighted by Gasteiger charge is 2.48. The van der Waals surface area contributed by atoms with Crippen LogP contribution in [0.25, 0.3) is 0 Å². The van der Waals surface area contributed by atoms with Crippen molar-refractivity contribution in [3.63, 3.8) is 0 Å². The first kappa shape index (κ1) is 30.0. The summed E-state index contributed by atoms with van der Waals surface area (Å²) < 4.78 is 41.4. The minimum Gasteiger partial charge on any atom is -0.497 e. The molecule has 2 heterocycles. The molecule has 0 aliphatic carbocycles. The zero-order valence-electron chi connectivity index (χ0n) is 23.5. The lowest BCUT2D eigenvalue weighted by Crippen LogP contribution is -2.37. The van der Waals surface area contributed by atoms with Crippen molar-refractivity contribution < 1.29 is 23.3 Å². The maximum absolute atomic E-state index is 15.9. The first-order chi connectivity index (χ1) is 20.3. The number of aryl methyl sites for hydroxylation is 1. The van der Waals surface area contributed by atoms with E-state index in [4.69, 9.17) is 18.9 Å². The second kappa shape index (κ2) is 12.8. The van der Waals surface area contributed by atoms with Gasteiger partial charge in [-0.15, -0.1) is 0 Å². The molecule has 10 heteroatoms. The first-order valence-electron chi connectivity index (χ1n) is 13.5. The number of nitrogens with one attached hydrogen (secondary N) is 1. The van der Waals surface area contributed by atoms with Crippen LogP contribution in [0.3, 0.4) is 0 Å². The number of aromatic nitrogens is 2. The molecule has 0 spiro atoms. The Morgan fingerprint density at radius 2 is 1.45 bits per heavy atom. The van der Waals surface area contributed by atoms with Gasteiger partial charge in [0.1, 0.15) is 17.1 Å². The van der Waals surface area contributed by atoms with E-state index >= 15 is 4.39 Å². The smallest absolute Gasteiger partial charge is 0.330 e. The number of rotatable bonds is 10. The van der Waals surface area contributed by atoms with Crippen molar-refractivity contribution in [1.29, 1.82) is 0 Å². The number of aromatic amines is 1. The minimum absolute atomic E-state index is 0.0224. The summed E-state index contributed by atoms with van der Waals surface area (Å²) in [6.07, 6.45) is -2.03. The largest absolute Gasteiger partial charge is 0.497 e. The van der Waals surface area contributed by atoms with Gasteiger partial charge >= 0.3 is 5.69 Å². The van der Waals surface area contributed by atoms with Crippen molar-refractivity contribution in [3.8, 4) is 11.5 Å². The van der Waals surface area contributed by atoms with Crippen LogP contribution in [0.4, 0.5) is 4.39 Å². The highest BCUT2D eigenvalue weighted by molar-refractivity contribution is 14.1. The Morgan fingerprint density at radius 1 is 0.905 bits per heavy atom. The van der Waals surface area contributed by atoms with Crippen molar-refractivity contribution >= 4 is 22.6 Å². The van der Waals surface area contributed by atoms with Gasteiger partial charge in [0.2, 0.25) is 0 Å². The van der Waals surface area contributed by atoms with Crippen LogP contribution >= 0.6 is 22.6 Å². The second-order valence-electron chi connectivity index (χ2n) is 10.1. The molecule has 8 nitrogen and oxygen atoms in total. The van der Waals surface area contributed by atoms with Crippen molar-refractivity contribution in [2.45, 2.75) is 31.0 Å². The van der Waals surface area contributed by atoms with Gasteiger partial charge in [-0.05, 0) is 47.9 Å². The Labute approximate surface area is 256 Å². The van der Waals surface area contributed by atoms with Crippen LogP contribution in [0.2, 0.25) is 0 Å². The Morgan fingerprint density at radius 3 is 1.98 bits per heavy atom. The molecule has 4 aromatic rings. The molecule has 0 saturated carbocycles. The Bertz CT molecular complexity index is 1560. The van der Waals surface area contributed by atoms with Gasteiger partial charge in [-0.1, -0.05) is 77.2 Å². The molecule has 5 rings (SSSR count). The van der Waals surface area contributed by atoms with Gasteiger partial charge in [0, 0.05) is 22.1 Å². The van der Waals surface area contributed by atoms with Crippen molar-refractivity contribution in [3.05, 3.63) is 128 Å². The van der Waals surface area contributed by atoms with E-state index in [1.54, 1.807) is 21.1 Å². The van der Waals surface area contributed by atoms with Crippen LogP contribution in [-0.4, -0.2) is 47.1 Å². The van der Waals surface area contributed by atoms with Crippen molar-refractivity contribution in [2.75, 3.05) is 25.3 Å². The zero-order valence-corrected chi connectivity index (χ0v) is 25.6. The average Bonchev–Trinajstić information content (AvgIpc) is 3.34.